The molecule has 5 rings (SSSR count). The van der Waals surface area contributed by atoms with Crippen molar-refractivity contribution < 1.29 is 41.8 Å². The van der Waals surface area contributed by atoms with Gasteiger partial charge in [0.25, 0.3) is 11.8 Å². The van der Waals surface area contributed by atoms with Gasteiger partial charge >= 0.3 is 12.1 Å². The first-order valence-electron chi connectivity index (χ1n) is 14.2. The van der Waals surface area contributed by atoms with Crippen LogP contribution in [0.4, 0.5) is 17.6 Å². The van der Waals surface area contributed by atoms with Crippen LogP contribution >= 0.6 is 0 Å². The molecule has 14 heteroatoms. The highest BCUT2D eigenvalue weighted by Crippen LogP contribution is 2.48. The topological polar surface area (TPSA) is 135 Å². The minimum Gasteiger partial charge on any atom is -0.507 e. The summed E-state index contributed by atoms with van der Waals surface area (Å²) in [6.45, 7) is 5.48. The Hall–Kier alpha value is -4.49. The number of halogens is 4. The molecule has 2 heterocycles. The van der Waals surface area contributed by atoms with Crippen LogP contribution in [0, 0.1) is 29.5 Å². The molecule has 0 saturated heterocycles. The average Bonchev–Trinajstić information content (AvgIpc) is 3.57. The Morgan fingerprint density at radius 1 is 1.14 bits per heavy atom. The number of aromatic hydroxyl groups is 1. The number of nitrogens with zero attached hydrogens (tertiary/aromatic N) is 3. The SMILES string of the molecule is C=CCOC(=O)C1CCC2C(CC[C@@H]2NC(=O)c2cc(C(=O)NCc3ccc(C(F)(F)F)c(O)c3)nc3c(F)cnn23)C1C. The number of esters is 1. The van der Waals surface area contributed by atoms with Crippen LogP contribution < -0.4 is 10.6 Å². The maximum Gasteiger partial charge on any atom is 0.419 e. The second-order valence-corrected chi connectivity index (χ2v) is 11.2. The fourth-order valence-electron chi connectivity index (χ4n) is 6.52. The fourth-order valence-corrected chi connectivity index (χ4v) is 6.52. The first-order chi connectivity index (χ1) is 20.9. The number of aromatic nitrogens is 3. The number of phenols is 1. The molecule has 234 valence electrons. The van der Waals surface area contributed by atoms with Crippen LogP contribution in [-0.2, 0) is 22.3 Å². The maximum atomic E-state index is 14.5. The van der Waals surface area contributed by atoms with Crippen LogP contribution in [0.1, 0.15) is 64.7 Å². The van der Waals surface area contributed by atoms with E-state index in [4.69, 9.17) is 4.74 Å². The lowest BCUT2D eigenvalue weighted by molar-refractivity contribution is -0.152. The van der Waals surface area contributed by atoms with E-state index in [2.05, 4.69) is 27.3 Å². The van der Waals surface area contributed by atoms with Gasteiger partial charge < -0.3 is 20.5 Å². The summed E-state index contributed by atoms with van der Waals surface area (Å²) in [7, 11) is 0. The Balaban J connectivity index is 1.30. The lowest BCUT2D eigenvalue weighted by Gasteiger charge is -2.38. The molecule has 44 heavy (non-hydrogen) atoms. The Kier molecular flexibility index (Phi) is 8.62. The second-order valence-electron chi connectivity index (χ2n) is 11.2. The summed E-state index contributed by atoms with van der Waals surface area (Å²) < 4.78 is 59.6. The number of fused-ring (bicyclic) bond motifs is 2. The lowest BCUT2D eigenvalue weighted by atomic mass is 9.68. The van der Waals surface area contributed by atoms with Crippen molar-refractivity contribution in [2.75, 3.05) is 6.61 Å². The molecule has 0 spiro atoms. The number of carbonyl (C=O) groups excluding carboxylic acids is 3. The first kappa shape index (κ1) is 31.0. The van der Waals surface area contributed by atoms with E-state index in [1.54, 1.807) is 0 Å². The zero-order chi connectivity index (χ0) is 31.8. The quantitative estimate of drug-likeness (QED) is 0.194. The Labute approximate surface area is 249 Å². The molecule has 2 saturated carbocycles. The van der Waals surface area contributed by atoms with Crippen molar-refractivity contribution in [3.05, 3.63) is 71.4 Å². The van der Waals surface area contributed by atoms with Gasteiger partial charge in [0.05, 0.1) is 17.7 Å². The number of amides is 2. The summed E-state index contributed by atoms with van der Waals surface area (Å²) in [4.78, 5) is 43.0. The largest absolute Gasteiger partial charge is 0.507 e. The van der Waals surface area contributed by atoms with Gasteiger partial charge in [0.15, 0.2) is 11.5 Å². The molecule has 3 aromatic rings. The van der Waals surface area contributed by atoms with E-state index >= 15 is 0 Å². The Morgan fingerprint density at radius 2 is 1.89 bits per heavy atom. The van der Waals surface area contributed by atoms with Crippen LogP contribution in [0.15, 0.2) is 43.1 Å². The molecule has 0 radical (unpaired) electrons. The number of hydrogen-bond donors (Lipinski definition) is 3. The van der Waals surface area contributed by atoms with E-state index in [-0.39, 0.29) is 71.4 Å². The zero-order valence-electron chi connectivity index (χ0n) is 23.7. The van der Waals surface area contributed by atoms with Gasteiger partial charge in [0.1, 0.15) is 23.7 Å². The standard InChI is InChI=1S/C30H31F4N5O5/c1-3-10-44-29(43)18-5-6-19-17(15(18)2)7-9-22(19)38-28(42)24-12-23(37-26-21(31)14-36-39(24)26)27(41)35-13-16-4-8-20(25(40)11-16)30(32,33)34/h3-4,8,11-12,14-15,17-19,22,40H,1,5-7,9-10,13H2,2H3,(H,35,41)(H,38,42)/t15?,17?,18?,19?,22-/m0/s1. The van der Waals surface area contributed by atoms with Crippen molar-refractivity contribution in [2.24, 2.45) is 23.7 Å². The van der Waals surface area contributed by atoms with Crippen molar-refractivity contribution in [3.63, 3.8) is 0 Å². The van der Waals surface area contributed by atoms with Crippen molar-refractivity contribution in [2.45, 2.75) is 51.4 Å². The van der Waals surface area contributed by atoms with E-state index in [0.29, 0.717) is 25.3 Å². The lowest BCUT2D eigenvalue weighted by Crippen LogP contribution is -2.44. The molecule has 0 bridgehead atoms. The molecule has 10 nitrogen and oxygen atoms in total. The summed E-state index contributed by atoms with van der Waals surface area (Å²) >= 11 is 0. The van der Waals surface area contributed by atoms with Crippen LogP contribution in [0.2, 0.25) is 0 Å². The molecular weight excluding hydrogens is 586 g/mol. The molecule has 2 fully saturated rings. The van der Waals surface area contributed by atoms with Gasteiger partial charge in [0, 0.05) is 18.7 Å². The normalized spacial score (nSPS) is 23.2. The third kappa shape index (κ3) is 6.10. The van der Waals surface area contributed by atoms with Gasteiger partial charge in [-0.1, -0.05) is 25.6 Å². The number of rotatable bonds is 8. The molecule has 2 aliphatic rings. The summed E-state index contributed by atoms with van der Waals surface area (Å²) in [5.41, 5.74) is -1.84. The predicted octanol–water partition coefficient (Wildman–Crippen LogP) is 4.42. The number of benzene rings is 1. The molecule has 2 amide bonds. The predicted molar refractivity (Wildman–Crippen MR) is 148 cm³/mol. The van der Waals surface area contributed by atoms with Gasteiger partial charge in [0.2, 0.25) is 0 Å². The number of nitrogens with one attached hydrogen (secondary N) is 2. The number of ether oxygens (including phenoxy) is 1. The van der Waals surface area contributed by atoms with Gasteiger partial charge in [-0.15, -0.1) is 0 Å². The van der Waals surface area contributed by atoms with E-state index in [0.717, 1.165) is 35.3 Å². The molecule has 5 atom stereocenters. The van der Waals surface area contributed by atoms with E-state index in [1.165, 1.54) is 6.08 Å². The van der Waals surface area contributed by atoms with Gasteiger partial charge in [-0.25, -0.2) is 13.9 Å². The van der Waals surface area contributed by atoms with Crippen molar-refractivity contribution in [1.29, 1.82) is 0 Å². The molecule has 1 aromatic carbocycles. The minimum atomic E-state index is -4.74. The smallest absolute Gasteiger partial charge is 0.419 e. The molecule has 2 aliphatic carbocycles. The third-order valence-electron chi connectivity index (χ3n) is 8.68. The number of carbonyl (C=O) groups is 3. The summed E-state index contributed by atoms with van der Waals surface area (Å²) in [6, 6.07) is 3.62. The Bertz CT molecular complexity index is 1610. The van der Waals surface area contributed by atoms with Crippen molar-refractivity contribution >= 4 is 23.4 Å². The molecular formula is C30H31F4N5O5. The van der Waals surface area contributed by atoms with Crippen LogP contribution in [0.5, 0.6) is 5.75 Å². The van der Waals surface area contributed by atoms with Gasteiger partial charge in [-0.2, -0.15) is 18.3 Å². The Morgan fingerprint density at radius 3 is 2.59 bits per heavy atom. The molecule has 3 N–H and O–H groups in total. The average molecular weight is 618 g/mol. The number of alkyl halides is 3. The minimum absolute atomic E-state index is 0.0580. The van der Waals surface area contributed by atoms with Crippen molar-refractivity contribution in [1.82, 2.24) is 25.2 Å². The fraction of sp³-hybridized carbons (Fsp3) is 0.433. The van der Waals surface area contributed by atoms with E-state index in [9.17, 15) is 37.1 Å². The summed E-state index contributed by atoms with van der Waals surface area (Å²) in [5, 5.41) is 19.1. The zero-order valence-corrected chi connectivity index (χ0v) is 23.7. The van der Waals surface area contributed by atoms with Crippen LogP contribution in [0.25, 0.3) is 5.65 Å². The third-order valence-corrected chi connectivity index (χ3v) is 8.68. The van der Waals surface area contributed by atoms with Gasteiger partial charge in [-0.05, 0) is 61.1 Å². The monoisotopic (exact) mass is 617 g/mol. The van der Waals surface area contributed by atoms with Crippen LogP contribution in [-0.4, -0.2) is 50.1 Å². The highest BCUT2D eigenvalue weighted by molar-refractivity contribution is 5.98. The maximum absolute atomic E-state index is 14.5. The van der Waals surface area contributed by atoms with Crippen LogP contribution in [0.3, 0.4) is 0 Å². The molecule has 2 aromatic heterocycles. The first-order valence-corrected chi connectivity index (χ1v) is 14.2. The molecule has 0 aliphatic heterocycles. The summed E-state index contributed by atoms with van der Waals surface area (Å²) in [5.74, 6) is -3.37. The highest BCUT2D eigenvalue weighted by atomic mass is 19.4. The summed E-state index contributed by atoms with van der Waals surface area (Å²) in [6.07, 6.45) is 0.460. The highest BCUT2D eigenvalue weighted by Gasteiger charge is 2.47. The van der Waals surface area contributed by atoms with E-state index in [1.807, 2.05) is 6.92 Å². The van der Waals surface area contributed by atoms with E-state index < -0.39 is 35.1 Å². The number of hydrogen-bond acceptors (Lipinski definition) is 7. The van der Waals surface area contributed by atoms with Crippen molar-refractivity contribution in [3.8, 4) is 5.75 Å². The number of phenolic OH excluding ortho intramolecular Hbond substituents is 1. The second kappa shape index (κ2) is 12.2. The van der Waals surface area contributed by atoms with Gasteiger partial charge in [-0.3, -0.25) is 14.4 Å². The molecule has 4 unspecified atom stereocenters.